The van der Waals surface area contributed by atoms with E-state index in [2.05, 4.69) is 99.1 Å². The Morgan fingerprint density at radius 1 is 0.875 bits per heavy atom. The van der Waals surface area contributed by atoms with Crippen molar-refractivity contribution >= 4 is 27.6 Å². The van der Waals surface area contributed by atoms with Crippen LogP contribution in [0.2, 0.25) is 0 Å². The second-order valence-electron chi connectivity index (χ2n) is 8.41. The van der Waals surface area contributed by atoms with Crippen LogP contribution in [-0.4, -0.2) is 0 Å². The van der Waals surface area contributed by atoms with Crippen LogP contribution in [-0.2, 0) is 10.8 Å². The molecule has 0 fully saturated rings. The van der Waals surface area contributed by atoms with Gasteiger partial charge in [-0.2, -0.15) is 0 Å². The minimum absolute atomic E-state index is 0.264. The predicted molar refractivity (Wildman–Crippen MR) is 109 cm³/mol. The Morgan fingerprint density at radius 3 is 2.08 bits per heavy atom. The van der Waals surface area contributed by atoms with E-state index in [0.29, 0.717) is 0 Å². The molecule has 0 saturated heterocycles. The van der Waals surface area contributed by atoms with Crippen molar-refractivity contribution in [1.29, 1.82) is 0 Å². The highest BCUT2D eigenvalue weighted by Crippen LogP contribution is 2.46. The highest BCUT2D eigenvalue weighted by Gasteiger charge is 2.36. The first-order chi connectivity index (χ1) is 11.2. The molecule has 0 nitrogen and oxygen atoms in total. The molecule has 0 amide bonds. The van der Waals surface area contributed by atoms with Gasteiger partial charge in [-0.15, -0.1) is 0 Å². The monoisotopic (exact) mass is 382 g/mol. The van der Waals surface area contributed by atoms with Gasteiger partial charge in [-0.25, -0.2) is 0 Å². The highest BCUT2D eigenvalue weighted by atomic mass is 79.9. The van der Waals surface area contributed by atoms with Crippen LogP contribution >= 0.6 is 15.9 Å². The van der Waals surface area contributed by atoms with Gasteiger partial charge in [0.25, 0.3) is 0 Å². The zero-order valence-corrected chi connectivity index (χ0v) is 17.0. The van der Waals surface area contributed by atoms with Crippen LogP contribution in [0.1, 0.15) is 69.7 Å². The summed E-state index contributed by atoms with van der Waals surface area (Å²) in [6, 6.07) is 15.6. The normalized spacial score (nSPS) is 19.0. The van der Waals surface area contributed by atoms with Crippen molar-refractivity contribution in [3.05, 3.63) is 69.2 Å². The maximum atomic E-state index is 3.51. The Balaban J connectivity index is 2.02. The summed E-state index contributed by atoms with van der Waals surface area (Å²) >= 11 is 3.51. The number of rotatable bonds is 2. The summed E-state index contributed by atoms with van der Waals surface area (Å²) in [7, 11) is 0. The van der Waals surface area contributed by atoms with E-state index in [1.54, 1.807) is 0 Å². The van der Waals surface area contributed by atoms with Crippen LogP contribution < -0.4 is 0 Å². The molecule has 2 aromatic carbocycles. The number of halogens is 1. The third kappa shape index (κ3) is 3.37. The number of benzene rings is 2. The molecule has 0 atom stereocenters. The second-order valence-corrected chi connectivity index (χ2v) is 9.32. The SMILES string of the molecule is CC(=Cc1ccc2c(c1)C(C)(C)CCC2(C)C)c1ccc(Br)cc1. The highest BCUT2D eigenvalue weighted by molar-refractivity contribution is 9.10. The van der Waals surface area contributed by atoms with Gasteiger partial charge in [0.15, 0.2) is 0 Å². The lowest BCUT2D eigenvalue weighted by molar-refractivity contribution is 0.332. The summed E-state index contributed by atoms with van der Waals surface area (Å²) in [5.41, 5.74) is 7.48. The van der Waals surface area contributed by atoms with E-state index in [9.17, 15) is 0 Å². The van der Waals surface area contributed by atoms with Gasteiger partial charge in [0.2, 0.25) is 0 Å². The maximum absolute atomic E-state index is 3.51. The third-order valence-corrected chi connectivity index (χ3v) is 6.09. The molecule has 126 valence electrons. The standard InChI is InChI=1S/C23H27Br/c1-16(18-7-9-19(24)10-8-18)14-17-6-11-20-21(15-17)23(4,5)13-12-22(20,2)3/h6-11,14-15H,12-13H2,1-5H3. The fourth-order valence-corrected chi connectivity index (χ4v) is 4.01. The van der Waals surface area contributed by atoms with E-state index in [1.807, 2.05) is 0 Å². The van der Waals surface area contributed by atoms with Gasteiger partial charge in [-0.3, -0.25) is 0 Å². The molecule has 0 heterocycles. The molecule has 0 bridgehead atoms. The van der Waals surface area contributed by atoms with Crippen LogP contribution in [0.5, 0.6) is 0 Å². The fraction of sp³-hybridized carbons (Fsp3) is 0.391. The van der Waals surface area contributed by atoms with Gasteiger partial charge < -0.3 is 0 Å². The van der Waals surface area contributed by atoms with Gasteiger partial charge in [-0.1, -0.05) is 80.0 Å². The average Bonchev–Trinajstić information content (AvgIpc) is 2.52. The van der Waals surface area contributed by atoms with E-state index in [-0.39, 0.29) is 10.8 Å². The van der Waals surface area contributed by atoms with Gasteiger partial charge in [0, 0.05) is 4.47 Å². The molecule has 1 heteroatoms. The van der Waals surface area contributed by atoms with Crippen molar-refractivity contribution in [1.82, 2.24) is 0 Å². The first-order valence-corrected chi connectivity index (χ1v) is 9.58. The van der Waals surface area contributed by atoms with Crippen molar-refractivity contribution in [2.24, 2.45) is 0 Å². The molecule has 24 heavy (non-hydrogen) atoms. The van der Waals surface area contributed by atoms with Crippen molar-refractivity contribution in [2.45, 2.75) is 58.3 Å². The summed E-state index contributed by atoms with van der Waals surface area (Å²) in [6.45, 7) is 11.7. The molecule has 0 N–H and O–H groups in total. The number of hydrogen-bond acceptors (Lipinski definition) is 0. The molecule has 0 unspecified atom stereocenters. The molecule has 2 aromatic rings. The lowest BCUT2D eigenvalue weighted by Gasteiger charge is -2.42. The average molecular weight is 383 g/mol. The van der Waals surface area contributed by atoms with Crippen LogP contribution in [0, 0.1) is 0 Å². The van der Waals surface area contributed by atoms with Crippen LogP contribution in [0.15, 0.2) is 46.9 Å². The number of allylic oxidation sites excluding steroid dienone is 1. The topological polar surface area (TPSA) is 0 Å². The van der Waals surface area contributed by atoms with Crippen LogP contribution in [0.4, 0.5) is 0 Å². The summed E-state index contributed by atoms with van der Waals surface area (Å²) in [6.07, 6.45) is 4.83. The zero-order valence-electron chi connectivity index (χ0n) is 15.4. The Hall–Kier alpha value is -1.34. The minimum Gasteiger partial charge on any atom is -0.0576 e. The van der Waals surface area contributed by atoms with Gasteiger partial charge in [-0.05, 0) is 70.6 Å². The van der Waals surface area contributed by atoms with Gasteiger partial charge >= 0.3 is 0 Å². The van der Waals surface area contributed by atoms with Crippen molar-refractivity contribution in [3.63, 3.8) is 0 Å². The Morgan fingerprint density at radius 2 is 1.46 bits per heavy atom. The van der Waals surface area contributed by atoms with Gasteiger partial charge in [0.1, 0.15) is 0 Å². The number of hydrogen-bond donors (Lipinski definition) is 0. The quantitative estimate of drug-likeness (QED) is 0.475. The molecule has 0 aliphatic heterocycles. The Bertz CT molecular complexity index is 776. The summed E-state index contributed by atoms with van der Waals surface area (Å²) in [5, 5.41) is 0. The predicted octanol–water partition coefficient (Wildman–Crippen LogP) is 7.36. The molecular formula is C23H27Br. The lowest BCUT2D eigenvalue weighted by Crippen LogP contribution is -2.33. The van der Waals surface area contributed by atoms with E-state index < -0.39 is 0 Å². The summed E-state index contributed by atoms with van der Waals surface area (Å²) < 4.78 is 1.12. The van der Waals surface area contributed by atoms with E-state index in [0.717, 1.165) is 4.47 Å². The molecule has 0 saturated carbocycles. The smallest absolute Gasteiger partial charge is 0.0175 e. The minimum atomic E-state index is 0.264. The largest absolute Gasteiger partial charge is 0.0576 e. The molecule has 0 spiro atoms. The maximum Gasteiger partial charge on any atom is 0.0175 e. The first kappa shape index (κ1) is 17.5. The van der Waals surface area contributed by atoms with E-state index >= 15 is 0 Å². The van der Waals surface area contributed by atoms with Crippen molar-refractivity contribution in [2.75, 3.05) is 0 Å². The molecule has 0 aromatic heterocycles. The first-order valence-electron chi connectivity index (χ1n) is 8.78. The Kier molecular flexibility index (Phi) is 4.51. The molecule has 1 aliphatic carbocycles. The van der Waals surface area contributed by atoms with Crippen LogP contribution in [0.25, 0.3) is 11.6 Å². The summed E-state index contributed by atoms with van der Waals surface area (Å²) in [5.74, 6) is 0. The second kappa shape index (κ2) is 6.19. The summed E-state index contributed by atoms with van der Waals surface area (Å²) in [4.78, 5) is 0. The van der Waals surface area contributed by atoms with Crippen LogP contribution in [0.3, 0.4) is 0 Å². The van der Waals surface area contributed by atoms with E-state index in [4.69, 9.17) is 0 Å². The molecule has 3 rings (SSSR count). The van der Waals surface area contributed by atoms with Crippen molar-refractivity contribution in [3.8, 4) is 0 Å². The zero-order chi connectivity index (χ0) is 17.5. The fourth-order valence-electron chi connectivity index (χ4n) is 3.74. The molecular weight excluding hydrogens is 356 g/mol. The molecule has 1 aliphatic rings. The molecule has 0 radical (unpaired) electrons. The van der Waals surface area contributed by atoms with E-state index in [1.165, 1.54) is 40.7 Å². The Labute approximate surface area is 155 Å². The number of fused-ring (bicyclic) bond motifs is 1. The lowest BCUT2D eigenvalue weighted by atomic mass is 9.63. The van der Waals surface area contributed by atoms with Crippen molar-refractivity contribution < 1.29 is 0 Å². The third-order valence-electron chi connectivity index (χ3n) is 5.56. The van der Waals surface area contributed by atoms with Gasteiger partial charge in [0.05, 0.1) is 0 Å².